The van der Waals surface area contributed by atoms with E-state index in [2.05, 4.69) is 34.6 Å². The monoisotopic (exact) mass is 253 g/mol. The number of hydrogen-bond acceptors (Lipinski definition) is 3. The molecule has 96 valence electrons. The zero-order chi connectivity index (χ0) is 13.2. The third kappa shape index (κ3) is 2.38. The van der Waals surface area contributed by atoms with E-state index in [1.165, 1.54) is 5.56 Å². The number of nitrogens with zero attached hydrogens (tertiary/aromatic N) is 1. The summed E-state index contributed by atoms with van der Waals surface area (Å²) in [4.78, 5) is 0. The average molecular weight is 253 g/mol. The molecule has 3 N–H and O–H groups in total. The van der Waals surface area contributed by atoms with Crippen LogP contribution in [0.2, 0.25) is 0 Å². The number of aromatic amines is 1. The second-order valence-corrected chi connectivity index (χ2v) is 4.66. The van der Waals surface area contributed by atoms with Crippen molar-refractivity contribution in [1.29, 1.82) is 0 Å². The summed E-state index contributed by atoms with van der Waals surface area (Å²) in [6.07, 6.45) is 1.83. The molecule has 4 heteroatoms. The second kappa shape index (κ2) is 4.65. The number of phenolic OH excluding ortho intramolecular Hbond substituents is 1. The van der Waals surface area contributed by atoms with E-state index < -0.39 is 0 Å². The molecule has 0 amide bonds. The molecule has 0 bridgehead atoms. The molecule has 19 heavy (non-hydrogen) atoms. The summed E-state index contributed by atoms with van der Waals surface area (Å²) < 4.78 is 0. The summed E-state index contributed by atoms with van der Waals surface area (Å²) in [6, 6.07) is 11.4. The van der Waals surface area contributed by atoms with Crippen molar-refractivity contribution >= 4 is 16.6 Å². The Morgan fingerprint density at radius 2 is 2.00 bits per heavy atom. The van der Waals surface area contributed by atoms with Crippen LogP contribution in [0.25, 0.3) is 10.9 Å². The van der Waals surface area contributed by atoms with Crippen LogP contribution in [0.4, 0.5) is 5.69 Å². The normalized spacial score (nSPS) is 10.8. The zero-order valence-corrected chi connectivity index (χ0v) is 10.6. The van der Waals surface area contributed by atoms with E-state index >= 15 is 0 Å². The van der Waals surface area contributed by atoms with E-state index in [0.717, 1.165) is 22.2 Å². The number of rotatable bonds is 3. The molecule has 0 radical (unpaired) electrons. The van der Waals surface area contributed by atoms with Crippen LogP contribution in [0.1, 0.15) is 11.1 Å². The molecule has 4 nitrogen and oxygen atoms in total. The molecule has 2 aromatic carbocycles. The van der Waals surface area contributed by atoms with E-state index in [1.54, 1.807) is 12.1 Å². The lowest BCUT2D eigenvalue weighted by atomic mass is 10.1. The Morgan fingerprint density at radius 3 is 2.79 bits per heavy atom. The molecule has 0 aliphatic heterocycles. The molecule has 0 spiro atoms. The van der Waals surface area contributed by atoms with Crippen LogP contribution in [0.5, 0.6) is 5.75 Å². The van der Waals surface area contributed by atoms with Gasteiger partial charge in [0.25, 0.3) is 0 Å². The van der Waals surface area contributed by atoms with Crippen LogP contribution in [-0.2, 0) is 6.54 Å². The van der Waals surface area contributed by atoms with Gasteiger partial charge in [-0.3, -0.25) is 5.10 Å². The van der Waals surface area contributed by atoms with Gasteiger partial charge < -0.3 is 10.4 Å². The largest absolute Gasteiger partial charge is 0.508 e. The first-order chi connectivity index (χ1) is 9.22. The summed E-state index contributed by atoms with van der Waals surface area (Å²) >= 11 is 0. The number of phenols is 1. The average Bonchev–Trinajstić information content (AvgIpc) is 2.85. The summed E-state index contributed by atoms with van der Waals surface area (Å²) in [7, 11) is 0. The number of benzene rings is 2. The van der Waals surface area contributed by atoms with Crippen molar-refractivity contribution in [3.05, 3.63) is 53.7 Å². The van der Waals surface area contributed by atoms with Gasteiger partial charge in [0.2, 0.25) is 0 Å². The first kappa shape index (κ1) is 11.6. The van der Waals surface area contributed by atoms with Crippen molar-refractivity contribution in [1.82, 2.24) is 10.2 Å². The van der Waals surface area contributed by atoms with Gasteiger partial charge in [-0.05, 0) is 42.3 Å². The van der Waals surface area contributed by atoms with E-state index in [9.17, 15) is 5.11 Å². The molecular formula is C15H15N3O. The third-order valence-corrected chi connectivity index (χ3v) is 3.12. The highest BCUT2D eigenvalue weighted by atomic mass is 16.3. The number of H-pyrrole nitrogens is 1. The van der Waals surface area contributed by atoms with Gasteiger partial charge >= 0.3 is 0 Å². The fourth-order valence-electron chi connectivity index (χ4n) is 2.15. The SMILES string of the molecule is Cc1cc(NCc2ccc(O)cc2)c2cn[nH]c2c1. The lowest BCUT2D eigenvalue weighted by molar-refractivity contribution is 0.475. The fourth-order valence-corrected chi connectivity index (χ4v) is 2.15. The Balaban J connectivity index is 1.85. The van der Waals surface area contributed by atoms with E-state index in [4.69, 9.17) is 0 Å². The molecule has 0 aliphatic carbocycles. The number of aromatic nitrogens is 2. The van der Waals surface area contributed by atoms with E-state index in [0.29, 0.717) is 6.54 Å². The highest BCUT2D eigenvalue weighted by molar-refractivity contribution is 5.91. The van der Waals surface area contributed by atoms with Crippen molar-refractivity contribution < 1.29 is 5.11 Å². The number of aryl methyl sites for hydroxylation is 1. The van der Waals surface area contributed by atoms with Crippen LogP contribution >= 0.6 is 0 Å². The number of hydrogen-bond donors (Lipinski definition) is 3. The predicted molar refractivity (Wildman–Crippen MR) is 76.3 cm³/mol. The molecular weight excluding hydrogens is 238 g/mol. The Hall–Kier alpha value is -2.49. The molecule has 0 fully saturated rings. The highest BCUT2D eigenvalue weighted by Crippen LogP contribution is 2.24. The maximum atomic E-state index is 9.26. The van der Waals surface area contributed by atoms with Crippen LogP contribution in [-0.4, -0.2) is 15.3 Å². The van der Waals surface area contributed by atoms with E-state index in [-0.39, 0.29) is 5.75 Å². The standard InChI is InChI=1S/C15H15N3O/c1-10-6-14(13-9-17-18-15(13)7-10)16-8-11-2-4-12(19)5-3-11/h2-7,9,16,19H,8H2,1H3,(H,17,18). The minimum absolute atomic E-state index is 0.288. The van der Waals surface area contributed by atoms with Crippen LogP contribution in [0, 0.1) is 6.92 Å². The number of anilines is 1. The molecule has 3 aromatic rings. The molecule has 0 saturated heterocycles. The number of fused-ring (bicyclic) bond motifs is 1. The maximum Gasteiger partial charge on any atom is 0.115 e. The summed E-state index contributed by atoms with van der Waals surface area (Å²) in [5.74, 6) is 0.288. The highest BCUT2D eigenvalue weighted by Gasteiger charge is 2.04. The smallest absolute Gasteiger partial charge is 0.115 e. The van der Waals surface area contributed by atoms with Crippen LogP contribution in [0.3, 0.4) is 0 Å². The topological polar surface area (TPSA) is 60.9 Å². The first-order valence-electron chi connectivity index (χ1n) is 6.18. The fraction of sp³-hybridized carbons (Fsp3) is 0.133. The molecule has 1 aromatic heterocycles. The lowest BCUT2D eigenvalue weighted by Crippen LogP contribution is -1.99. The summed E-state index contributed by atoms with van der Waals surface area (Å²) in [5.41, 5.74) is 4.41. The Morgan fingerprint density at radius 1 is 1.21 bits per heavy atom. The summed E-state index contributed by atoms with van der Waals surface area (Å²) in [5, 5.41) is 20.8. The molecule has 0 saturated carbocycles. The molecule has 0 unspecified atom stereocenters. The summed E-state index contributed by atoms with van der Waals surface area (Å²) in [6.45, 7) is 2.77. The Kier molecular flexibility index (Phi) is 2.83. The molecule has 3 rings (SSSR count). The maximum absolute atomic E-state index is 9.26. The van der Waals surface area contributed by atoms with Crippen molar-refractivity contribution in [3.8, 4) is 5.75 Å². The van der Waals surface area contributed by atoms with Gasteiger partial charge in [0.1, 0.15) is 5.75 Å². The quantitative estimate of drug-likeness (QED) is 0.671. The molecule has 1 heterocycles. The van der Waals surface area contributed by atoms with Crippen molar-refractivity contribution in [2.75, 3.05) is 5.32 Å². The van der Waals surface area contributed by atoms with Crippen molar-refractivity contribution in [3.63, 3.8) is 0 Å². The minimum Gasteiger partial charge on any atom is -0.508 e. The Bertz CT molecular complexity index is 701. The minimum atomic E-state index is 0.288. The van der Waals surface area contributed by atoms with Gasteiger partial charge in [-0.15, -0.1) is 0 Å². The number of aromatic hydroxyl groups is 1. The predicted octanol–water partition coefficient (Wildman–Crippen LogP) is 3.19. The van der Waals surface area contributed by atoms with Gasteiger partial charge in [0, 0.05) is 17.6 Å². The second-order valence-electron chi connectivity index (χ2n) is 4.66. The zero-order valence-electron chi connectivity index (χ0n) is 10.6. The van der Waals surface area contributed by atoms with Gasteiger partial charge in [-0.25, -0.2) is 0 Å². The van der Waals surface area contributed by atoms with Gasteiger partial charge in [0.15, 0.2) is 0 Å². The first-order valence-corrected chi connectivity index (χ1v) is 6.18. The lowest BCUT2D eigenvalue weighted by Gasteiger charge is -2.09. The number of nitrogens with one attached hydrogen (secondary N) is 2. The molecule has 0 aliphatic rings. The van der Waals surface area contributed by atoms with Gasteiger partial charge in [0.05, 0.1) is 11.7 Å². The van der Waals surface area contributed by atoms with E-state index in [1.807, 2.05) is 18.3 Å². The van der Waals surface area contributed by atoms with Gasteiger partial charge in [-0.1, -0.05) is 12.1 Å². The van der Waals surface area contributed by atoms with Crippen molar-refractivity contribution in [2.45, 2.75) is 13.5 Å². The third-order valence-electron chi connectivity index (χ3n) is 3.12. The Labute approximate surface area is 111 Å². The van der Waals surface area contributed by atoms with Crippen LogP contribution in [0.15, 0.2) is 42.6 Å². The van der Waals surface area contributed by atoms with Crippen molar-refractivity contribution in [2.24, 2.45) is 0 Å². The van der Waals surface area contributed by atoms with Gasteiger partial charge in [-0.2, -0.15) is 5.10 Å². The van der Waals surface area contributed by atoms with Crippen LogP contribution < -0.4 is 5.32 Å². The molecule has 0 atom stereocenters.